The molecule has 0 bridgehead atoms. The van der Waals surface area contributed by atoms with Crippen molar-refractivity contribution in [3.8, 4) is 5.75 Å². The van der Waals surface area contributed by atoms with Gasteiger partial charge in [0.15, 0.2) is 0 Å². The van der Waals surface area contributed by atoms with Crippen LogP contribution in [0.5, 0.6) is 5.75 Å². The van der Waals surface area contributed by atoms with Crippen LogP contribution in [-0.2, 0) is 13.5 Å². The molecule has 3 heteroatoms. The van der Waals surface area contributed by atoms with Crippen LogP contribution >= 0.6 is 0 Å². The molecular weight excluding hydrogens is 212 g/mol. The zero-order valence-electron chi connectivity index (χ0n) is 10.7. The molecule has 2 rings (SSSR count). The van der Waals surface area contributed by atoms with Crippen LogP contribution in [0.2, 0.25) is 0 Å². The molecule has 0 saturated heterocycles. The monoisotopic (exact) mass is 232 g/mol. The normalized spacial score (nSPS) is 12.9. The second-order valence-electron chi connectivity index (χ2n) is 4.52. The summed E-state index contributed by atoms with van der Waals surface area (Å²) >= 11 is 0. The fourth-order valence-corrected chi connectivity index (χ4v) is 2.17. The molecule has 0 aliphatic rings. The minimum atomic E-state index is 0.229. The van der Waals surface area contributed by atoms with Crippen molar-refractivity contribution in [3.05, 3.63) is 30.0 Å². The van der Waals surface area contributed by atoms with E-state index in [4.69, 9.17) is 10.5 Å². The van der Waals surface area contributed by atoms with Crippen molar-refractivity contribution >= 4 is 10.9 Å². The standard InChI is InChI=1S/C14H20N2O/c1-4-11(15)7-10-9-16(2)14-6-5-12(17-3)8-13(10)14/h5-6,8-9,11H,4,7,15H2,1-3H3. The minimum Gasteiger partial charge on any atom is -0.497 e. The van der Waals surface area contributed by atoms with Crippen molar-refractivity contribution in [2.45, 2.75) is 25.8 Å². The summed E-state index contributed by atoms with van der Waals surface area (Å²) in [4.78, 5) is 0. The third kappa shape index (κ3) is 2.29. The van der Waals surface area contributed by atoms with Crippen molar-refractivity contribution in [3.63, 3.8) is 0 Å². The number of hydrogen-bond acceptors (Lipinski definition) is 2. The molecule has 1 unspecified atom stereocenters. The Balaban J connectivity index is 2.47. The molecule has 0 saturated carbocycles. The summed E-state index contributed by atoms with van der Waals surface area (Å²) in [7, 11) is 3.76. The van der Waals surface area contributed by atoms with Crippen LogP contribution in [0, 0.1) is 0 Å². The van der Waals surface area contributed by atoms with Gasteiger partial charge in [0.1, 0.15) is 5.75 Å². The number of rotatable bonds is 4. The van der Waals surface area contributed by atoms with Gasteiger partial charge < -0.3 is 15.0 Å². The van der Waals surface area contributed by atoms with E-state index in [1.165, 1.54) is 16.5 Å². The molecule has 0 aliphatic carbocycles. The summed E-state index contributed by atoms with van der Waals surface area (Å²) in [6, 6.07) is 6.40. The van der Waals surface area contributed by atoms with E-state index in [1.807, 2.05) is 6.07 Å². The zero-order valence-corrected chi connectivity index (χ0v) is 10.7. The van der Waals surface area contributed by atoms with Crippen LogP contribution < -0.4 is 10.5 Å². The van der Waals surface area contributed by atoms with Gasteiger partial charge in [0.2, 0.25) is 0 Å². The van der Waals surface area contributed by atoms with E-state index in [1.54, 1.807) is 7.11 Å². The first-order valence-electron chi connectivity index (χ1n) is 6.03. The Morgan fingerprint density at radius 3 is 2.82 bits per heavy atom. The Hall–Kier alpha value is -1.48. The highest BCUT2D eigenvalue weighted by Gasteiger charge is 2.10. The van der Waals surface area contributed by atoms with Gasteiger partial charge in [0.05, 0.1) is 7.11 Å². The molecule has 2 N–H and O–H groups in total. The van der Waals surface area contributed by atoms with Crippen molar-refractivity contribution in [2.24, 2.45) is 12.8 Å². The maximum absolute atomic E-state index is 6.04. The summed E-state index contributed by atoms with van der Waals surface area (Å²) in [6.45, 7) is 2.12. The Labute approximate surface area is 102 Å². The van der Waals surface area contributed by atoms with Gasteiger partial charge in [-0.25, -0.2) is 0 Å². The molecule has 92 valence electrons. The molecule has 1 atom stereocenters. The van der Waals surface area contributed by atoms with Gasteiger partial charge in [-0.15, -0.1) is 0 Å². The van der Waals surface area contributed by atoms with Crippen molar-refractivity contribution in [2.75, 3.05) is 7.11 Å². The molecule has 3 nitrogen and oxygen atoms in total. The Morgan fingerprint density at radius 2 is 2.18 bits per heavy atom. The molecule has 1 aromatic carbocycles. The van der Waals surface area contributed by atoms with E-state index < -0.39 is 0 Å². The number of benzene rings is 1. The van der Waals surface area contributed by atoms with Crippen LogP contribution in [0.3, 0.4) is 0 Å². The van der Waals surface area contributed by atoms with Crippen molar-refractivity contribution < 1.29 is 4.74 Å². The molecule has 0 amide bonds. The van der Waals surface area contributed by atoms with Gasteiger partial charge in [0, 0.05) is 30.2 Å². The van der Waals surface area contributed by atoms with Crippen molar-refractivity contribution in [1.82, 2.24) is 4.57 Å². The lowest BCUT2D eigenvalue weighted by molar-refractivity contribution is 0.415. The fourth-order valence-electron chi connectivity index (χ4n) is 2.17. The second-order valence-corrected chi connectivity index (χ2v) is 4.52. The summed E-state index contributed by atoms with van der Waals surface area (Å²) in [5, 5.41) is 1.25. The predicted octanol–water partition coefficient (Wildman–Crippen LogP) is 2.47. The Bertz CT molecular complexity index is 516. The van der Waals surface area contributed by atoms with E-state index in [2.05, 4.69) is 36.9 Å². The van der Waals surface area contributed by atoms with Crippen LogP contribution in [-0.4, -0.2) is 17.7 Å². The van der Waals surface area contributed by atoms with Crippen LogP contribution in [0.4, 0.5) is 0 Å². The van der Waals surface area contributed by atoms with Gasteiger partial charge in [-0.2, -0.15) is 0 Å². The van der Waals surface area contributed by atoms with E-state index in [0.717, 1.165) is 18.6 Å². The summed E-state index contributed by atoms with van der Waals surface area (Å²) in [5.41, 5.74) is 8.56. The van der Waals surface area contributed by atoms with Crippen LogP contribution in [0.15, 0.2) is 24.4 Å². The number of fused-ring (bicyclic) bond motifs is 1. The molecule has 2 aromatic rings. The number of nitrogens with two attached hydrogens (primary N) is 1. The minimum absolute atomic E-state index is 0.229. The van der Waals surface area contributed by atoms with Crippen LogP contribution in [0.1, 0.15) is 18.9 Å². The fraction of sp³-hybridized carbons (Fsp3) is 0.429. The summed E-state index contributed by atoms with van der Waals surface area (Å²) in [5.74, 6) is 0.898. The van der Waals surface area contributed by atoms with Gasteiger partial charge in [-0.05, 0) is 36.6 Å². The molecule has 0 aliphatic heterocycles. The summed E-state index contributed by atoms with van der Waals surface area (Å²) < 4.78 is 7.42. The third-order valence-electron chi connectivity index (χ3n) is 3.29. The van der Waals surface area contributed by atoms with E-state index in [0.29, 0.717) is 0 Å². The van der Waals surface area contributed by atoms with Gasteiger partial charge >= 0.3 is 0 Å². The highest BCUT2D eigenvalue weighted by molar-refractivity contribution is 5.85. The third-order valence-corrected chi connectivity index (χ3v) is 3.29. The average molecular weight is 232 g/mol. The lowest BCUT2D eigenvalue weighted by Crippen LogP contribution is -2.21. The van der Waals surface area contributed by atoms with E-state index >= 15 is 0 Å². The number of methoxy groups -OCH3 is 1. The maximum Gasteiger partial charge on any atom is 0.119 e. The number of ether oxygens (including phenoxy) is 1. The number of hydrogen-bond donors (Lipinski definition) is 1. The van der Waals surface area contributed by atoms with E-state index in [-0.39, 0.29) is 6.04 Å². The molecule has 0 fully saturated rings. The quantitative estimate of drug-likeness (QED) is 0.879. The predicted molar refractivity (Wildman–Crippen MR) is 71.4 cm³/mol. The van der Waals surface area contributed by atoms with Gasteiger partial charge in [-0.1, -0.05) is 6.92 Å². The SMILES string of the molecule is CCC(N)Cc1cn(C)c2ccc(OC)cc12. The number of aryl methyl sites for hydroxylation is 1. The first-order chi connectivity index (χ1) is 8.15. The average Bonchev–Trinajstić information content (AvgIpc) is 2.65. The molecule has 1 aromatic heterocycles. The second kappa shape index (κ2) is 4.80. The highest BCUT2D eigenvalue weighted by atomic mass is 16.5. The van der Waals surface area contributed by atoms with Crippen molar-refractivity contribution in [1.29, 1.82) is 0 Å². The zero-order chi connectivity index (χ0) is 12.4. The van der Waals surface area contributed by atoms with Gasteiger partial charge in [0.25, 0.3) is 0 Å². The number of aromatic nitrogens is 1. The maximum atomic E-state index is 6.04. The Morgan fingerprint density at radius 1 is 1.41 bits per heavy atom. The molecule has 0 radical (unpaired) electrons. The molecule has 17 heavy (non-hydrogen) atoms. The lowest BCUT2D eigenvalue weighted by atomic mass is 10.0. The summed E-state index contributed by atoms with van der Waals surface area (Å²) in [6.07, 6.45) is 4.08. The highest BCUT2D eigenvalue weighted by Crippen LogP contribution is 2.26. The van der Waals surface area contributed by atoms with E-state index in [9.17, 15) is 0 Å². The Kier molecular flexibility index (Phi) is 3.38. The largest absolute Gasteiger partial charge is 0.497 e. The topological polar surface area (TPSA) is 40.2 Å². The number of nitrogens with zero attached hydrogens (tertiary/aromatic N) is 1. The smallest absolute Gasteiger partial charge is 0.119 e. The lowest BCUT2D eigenvalue weighted by Gasteiger charge is -2.07. The first-order valence-corrected chi connectivity index (χ1v) is 6.03. The first kappa shape index (κ1) is 12.0. The molecule has 0 spiro atoms. The van der Waals surface area contributed by atoms with Gasteiger partial charge in [-0.3, -0.25) is 0 Å². The molecular formula is C14H20N2O. The van der Waals surface area contributed by atoms with Crippen LogP contribution in [0.25, 0.3) is 10.9 Å². The molecule has 1 heterocycles.